The number of hydrogen-bond acceptors (Lipinski definition) is 4. The van der Waals surface area contributed by atoms with Gasteiger partial charge in [0.15, 0.2) is 9.84 Å². The Morgan fingerprint density at radius 2 is 1.89 bits per heavy atom. The molecule has 19 heavy (non-hydrogen) atoms. The third-order valence-corrected chi connectivity index (χ3v) is 4.76. The molecule has 0 radical (unpaired) electrons. The standard InChI is InChI=1S/C14H16N2O2S/c1-10-4-3-7-16-13(10)9-19(17,18)14-6-5-12(15)8-11(14)2/h3-8H,9,15H2,1-2H3. The molecule has 0 unspecified atom stereocenters. The normalized spacial score (nSPS) is 11.5. The van der Waals surface area contributed by atoms with Crippen LogP contribution in [0.2, 0.25) is 0 Å². The molecule has 1 aromatic carbocycles. The van der Waals surface area contributed by atoms with Gasteiger partial charge >= 0.3 is 0 Å². The Labute approximate surface area is 113 Å². The predicted molar refractivity (Wildman–Crippen MR) is 75.5 cm³/mol. The summed E-state index contributed by atoms with van der Waals surface area (Å²) in [6, 6.07) is 8.47. The highest BCUT2D eigenvalue weighted by Crippen LogP contribution is 2.22. The summed E-state index contributed by atoms with van der Waals surface area (Å²) in [6.07, 6.45) is 1.60. The highest BCUT2D eigenvalue weighted by Gasteiger charge is 2.19. The van der Waals surface area contributed by atoms with Crippen LogP contribution < -0.4 is 5.73 Å². The lowest BCUT2D eigenvalue weighted by molar-refractivity contribution is 0.594. The second-order valence-electron chi connectivity index (χ2n) is 4.55. The van der Waals surface area contributed by atoms with Crippen LogP contribution in [0.3, 0.4) is 0 Å². The summed E-state index contributed by atoms with van der Waals surface area (Å²) >= 11 is 0. The van der Waals surface area contributed by atoms with Gasteiger partial charge in [0, 0.05) is 11.9 Å². The van der Waals surface area contributed by atoms with Crippen molar-refractivity contribution in [1.29, 1.82) is 0 Å². The van der Waals surface area contributed by atoms with E-state index in [1.807, 2.05) is 13.0 Å². The maximum absolute atomic E-state index is 12.4. The maximum Gasteiger partial charge on any atom is 0.184 e. The van der Waals surface area contributed by atoms with Gasteiger partial charge in [0.05, 0.1) is 16.3 Å². The zero-order valence-corrected chi connectivity index (χ0v) is 11.7. The smallest absolute Gasteiger partial charge is 0.184 e. The van der Waals surface area contributed by atoms with Gasteiger partial charge in [0.25, 0.3) is 0 Å². The average molecular weight is 276 g/mol. The lowest BCUT2D eigenvalue weighted by Crippen LogP contribution is -2.09. The molecule has 1 heterocycles. The molecular formula is C14H16N2O2S. The number of benzene rings is 1. The lowest BCUT2D eigenvalue weighted by atomic mass is 10.2. The Morgan fingerprint density at radius 1 is 1.16 bits per heavy atom. The molecule has 4 nitrogen and oxygen atoms in total. The molecule has 2 N–H and O–H groups in total. The molecule has 0 fully saturated rings. The van der Waals surface area contributed by atoms with Crippen LogP contribution >= 0.6 is 0 Å². The van der Waals surface area contributed by atoms with Crippen LogP contribution in [0.5, 0.6) is 0 Å². The first-order valence-electron chi connectivity index (χ1n) is 5.89. The first-order chi connectivity index (χ1) is 8.90. The Balaban J connectivity index is 2.41. The number of rotatable bonds is 3. The van der Waals surface area contributed by atoms with Crippen LogP contribution in [-0.2, 0) is 15.6 Å². The van der Waals surface area contributed by atoms with Crippen LogP contribution in [0.4, 0.5) is 5.69 Å². The van der Waals surface area contributed by atoms with Crippen molar-refractivity contribution in [3.05, 3.63) is 53.3 Å². The molecule has 0 saturated carbocycles. The van der Waals surface area contributed by atoms with E-state index in [0.717, 1.165) is 5.56 Å². The lowest BCUT2D eigenvalue weighted by Gasteiger charge is -2.09. The molecule has 0 aliphatic rings. The summed E-state index contributed by atoms with van der Waals surface area (Å²) in [6.45, 7) is 3.60. The third kappa shape index (κ3) is 2.93. The minimum atomic E-state index is -3.40. The molecule has 0 saturated heterocycles. The van der Waals surface area contributed by atoms with Crippen molar-refractivity contribution in [2.75, 3.05) is 5.73 Å². The number of pyridine rings is 1. The minimum Gasteiger partial charge on any atom is -0.399 e. The Bertz CT molecular complexity index is 709. The molecule has 0 bridgehead atoms. The van der Waals surface area contributed by atoms with Crippen molar-refractivity contribution in [3.63, 3.8) is 0 Å². The van der Waals surface area contributed by atoms with Crippen LogP contribution in [0.1, 0.15) is 16.8 Å². The molecular weight excluding hydrogens is 260 g/mol. The molecule has 0 aliphatic carbocycles. The number of nitrogen functional groups attached to an aromatic ring is 1. The van der Waals surface area contributed by atoms with Gasteiger partial charge in [-0.2, -0.15) is 0 Å². The quantitative estimate of drug-likeness (QED) is 0.873. The first-order valence-corrected chi connectivity index (χ1v) is 7.55. The van der Waals surface area contributed by atoms with E-state index in [-0.39, 0.29) is 5.75 Å². The van der Waals surface area contributed by atoms with E-state index in [1.54, 1.807) is 37.4 Å². The molecule has 100 valence electrons. The number of anilines is 1. The minimum absolute atomic E-state index is 0.0928. The van der Waals surface area contributed by atoms with Crippen molar-refractivity contribution in [3.8, 4) is 0 Å². The van der Waals surface area contributed by atoms with Gasteiger partial charge in [-0.25, -0.2) is 8.42 Å². The maximum atomic E-state index is 12.4. The number of nitrogens with two attached hydrogens (primary N) is 1. The van der Waals surface area contributed by atoms with Crippen LogP contribution in [0, 0.1) is 13.8 Å². The molecule has 5 heteroatoms. The van der Waals surface area contributed by atoms with Crippen molar-refractivity contribution < 1.29 is 8.42 Å². The van der Waals surface area contributed by atoms with E-state index in [4.69, 9.17) is 5.73 Å². The summed E-state index contributed by atoms with van der Waals surface area (Å²) in [4.78, 5) is 4.44. The van der Waals surface area contributed by atoms with Gasteiger partial charge in [-0.15, -0.1) is 0 Å². The zero-order chi connectivity index (χ0) is 14.0. The molecule has 2 rings (SSSR count). The number of hydrogen-bond donors (Lipinski definition) is 1. The average Bonchev–Trinajstić information content (AvgIpc) is 2.31. The highest BCUT2D eigenvalue weighted by atomic mass is 32.2. The number of aryl methyl sites for hydroxylation is 2. The zero-order valence-electron chi connectivity index (χ0n) is 10.9. The van der Waals surface area contributed by atoms with Crippen LogP contribution in [0.25, 0.3) is 0 Å². The Morgan fingerprint density at radius 3 is 2.53 bits per heavy atom. The molecule has 0 amide bonds. The van der Waals surface area contributed by atoms with Gasteiger partial charge < -0.3 is 5.73 Å². The molecule has 1 aromatic heterocycles. The van der Waals surface area contributed by atoms with Crippen molar-refractivity contribution in [2.45, 2.75) is 24.5 Å². The molecule has 0 spiro atoms. The molecule has 0 aliphatic heterocycles. The van der Waals surface area contributed by atoms with E-state index in [1.165, 1.54) is 0 Å². The van der Waals surface area contributed by atoms with E-state index in [9.17, 15) is 8.42 Å². The predicted octanol–water partition coefficient (Wildman–Crippen LogP) is 2.25. The van der Waals surface area contributed by atoms with Crippen molar-refractivity contribution in [1.82, 2.24) is 4.98 Å². The Kier molecular flexibility index (Phi) is 3.57. The second-order valence-corrected chi connectivity index (χ2v) is 6.51. The fourth-order valence-corrected chi connectivity index (χ4v) is 3.59. The molecule has 2 aromatic rings. The number of sulfone groups is 1. The summed E-state index contributed by atoms with van der Waals surface area (Å²) in [5.74, 6) is -0.0928. The van der Waals surface area contributed by atoms with Crippen LogP contribution in [-0.4, -0.2) is 13.4 Å². The van der Waals surface area contributed by atoms with E-state index < -0.39 is 9.84 Å². The van der Waals surface area contributed by atoms with Gasteiger partial charge in [0.1, 0.15) is 0 Å². The largest absolute Gasteiger partial charge is 0.399 e. The van der Waals surface area contributed by atoms with Crippen LogP contribution in [0.15, 0.2) is 41.4 Å². The first kappa shape index (κ1) is 13.5. The summed E-state index contributed by atoms with van der Waals surface area (Å²) in [7, 11) is -3.40. The van der Waals surface area contributed by atoms with Gasteiger partial charge in [-0.05, 0) is 49.2 Å². The van der Waals surface area contributed by atoms with E-state index in [0.29, 0.717) is 21.8 Å². The van der Waals surface area contributed by atoms with Gasteiger partial charge in [0.2, 0.25) is 0 Å². The fraction of sp³-hybridized carbons (Fsp3) is 0.214. The van der Waals surface area contributed by atoms with Crippen molar-refractivity contribution in [2.24, 2.45) is 0 Å². The number of aromatic nitrogens is 1. The Hall–Kier alpha value is -1.88. The van der Waals surface area contributed by atoms with E-state index >= 15 is 0 Å². The summed E-state index contributed by atoms with van der Waals surface area (Å²) in [5.41, 5.74) is 8.32. The summed E-state index contributed by atoms with van der Waals surface area (Å²) in [5, 5.41) is 0. The van der Waals surface area contributed by atoms with Crippen molar-refractivity contribution >= 4 is 15.5 Å². The fourth-order valence-electron chi connectivity index (χ4n) is 1.95. The monoisotopic (exact) mass is 276 g/mol. The van der Waals surface area contributed by atoms with E-state index in [2.05, 4.69) is 4.98 Å². The number of nitrogens with zero attached hydrogens (tertiary/aromatic N) is 1. The second kappa shape index (κ2) is 5.01. The molecule has 0 atom stereocenters. The third-order valence-electron chi connectivity index (χ3n) is 2.98. The summed E-state index contributed by atoms with van der Waals surface area (Å²) < 4.78 is 24.8. The highest BCUT2D eigenvalue weighted by molar-refractivity contribution is 7.90. The van der Waals surface area contributed by atoms with Gasteiger partial charge in [-0.3, -0.25) is 4.98 Å². The SMILES string of the molecule is Cc1cc(N)ccc1S(=O)(=O)Cc1ncccc1C. The van der Waals surface area contributed by atoms with Gasteiger partial charge in [-0.1, -0.05) is 6.07 Å². The topological polar surface area (TPSA) is 73.1 Å².